The SMILES string of the molecule is CNC1CCCN(S(=O)(=O)c2ccc(OC)c(C3(C)NC(=O)NC3=O)c2)C1. The molecule has 1 aromatic carbocycles. The molecular formula is C17H24N4O5S. The van der Waals surface area contributed by atoms with Crippen molar-refractivity contribution in [1.29, 1.82) is 0 Å². The molecule has 2 heterocycles. The molecule has 0 aliphatic carbocycles. The van der Waals surface area contributed by atoms with Crippen LogP contribution in [0, 0.1) is 0 Å². The van der Waals surface area contributed by atoms with Crippen LogP contribution in [0.5, 0.6) is 5.75 Å². The molecule has 148 valence electrons. The molecule has 10 heteroatoms. The number of carbonyl (C=O) groups excluding carboxylic acids is 2. The molecule has 3 rings (SSSR count). The molecule has 0 aromatic heterocycles. The van der Waals surface area contributed by atoms with Gasteiger partial charge >= 0.3 is 6.03 Å². The number of amides is 3. The van der Waals surface area contributed by atoms with Gasteiger partial charge in [-0.3, -0.25) is 10.1 Å². The lowest BCUT2D eigenvalue weighted by Gasteiger charge is -2.32. The minimum Gasteiger partial charge on any atom is -0.496 e. The van der Waals surface area contributed by atoms with E-state index in [4.69, 9.17) is 4.74 Å². The van der Waals surface area contributed by atoms with E-state index in [-0.39, 0.29) is 16.5 Å². The summed E-state index contributed by atoms with van der Waals surface area (Å²) in [6, 6.07) is 3.83. The lowest BCUT2D eigenvalue weighted by molar-refractivity contribution is -0.123. The molecule has 2 fully saturated rings. The summed E-state index contributed by atoms with van der Waals surface area (Å²) in [7, 11) is -0.509. The average molecular weight is 396 g/mol. The van der Waals surface area contributed by atoms with Crippen molar-refractivity contribution in [3.8, 4) is 5.75 Å². The molecule has 3 amide bonds. The van der Waals surface area contributed by atoms with Crippen molar-refractivity contribution < 1.29 is 22.7 Å². The van der Waals surface area contributed by atoms with Crippen LogP contribution in [-0.4, -0.2) is 58.0 Å². The van der Waals surface area contributed by atoms with Gasteiger partial charge in [0.25, 0.3) is 5.91 Å². The molecule has 2 aliphatic rings. The van der Waals surface area contributed by atoms with Gasteiger partial charge in [-0.2, -0.15) is 4.31 Å². The van der Waals surface area contributed by atoms with Crippen molar-refractivity contribution in [2.75, 3.05) is 27.2 Å². The minimum atomic E-state index is -3.75. The number of benzene rings is 1. The van der Waals surface area contributed by atoms with Crippen LogP contribution in [0.25, 0.3) is 0 Å². The molecule has 2 atom stereocenters. The molecule has 0 radical (unpaired) electrons. The van der Waals surface area contributed by atoms with E-state index in [0.29, 0.717) is 18.8 Å². The van der Waals surface area contributed by atoms with Gasteiger partial charge in [0.1, 0.15) is 11.3 Å². The van der Waals surface area contributed by atoms with Crippen LogP contribution in [0.1, 0.15) is 25.3 Å². The maximum Gasteiger partial charge on any atom is 0.322 e. The Morgan fingerprint density at radius 2 is 2.07 bits per heavy atom. The monoisotopic (exact) mass is 396 g/mol. The molecule has 0 spiro atoms. The third-order valence-corrected chi connectivity index (χ3v) is 7.05. The predicted octanol–water partition coefficient (Wildman–Crippen LogP) is 0.122. The lowest BCUT2D eigenvalue weighted by atomic mass is 9.91. The number of hydrogen-bond donors (Lipinski definition) is 3. The average Bonchev–Trinajstić information content (AvgIpc) is 2.93. The Labute approximate surface area is 158 Å². The van der Waals surface area contributed by atoms with Crippen molar-refractivity contribution in [1.82, 2.24) is 20.3 Å². The third-order valence-electron chi connectivity index (χ3n) is 5.18. The predicted molar refractivity (Wildman–Crippen MR) is 97.9 cm³/mol. The fraction of sp³-hybridized carbons (Fsp3) is 0.529. The topological polar surface area (TPSA) is 117 Å². The van der Waals surface area contributed by atoms with E-state index in [1.807, 2.05) is 7.05 Å². The van der Waals surface area contributed by atoms with E-state index in [0.717, 1.165) is 12.8 Å². The second-order valence-electron chi connectivity index (χ2n) is 6.89. The summed E-state index contributed by atoms with van der Waals surface area (Å²) in [4.78, 5) is 24.0. The standard InChI is InChI=1S/C17H24N4O5S/c1-17(15(22)19-16(23)20-17)13-9-12(6-7-14(13)26-3)27(24,25)21-8-4-5-11(10-21)18-2/h6-7,9,11,18H,4-5,8,10H2,1-3H3,(H2,19,20,22,23). The molecule has 2 aliphatic heterocycles. The Morgan fingerprint density at radius 3 is 2.67 bits per heavy atom. The van der Waals surface area contributed by atoms with Gasteiger partial charge in [0.15, 0.2) is 0 Å². The lowest BCUT2D eigenvalue weighted by Crippen LogP contribution is -2.47. The van der Waals surface area contributed by atoms with E-state index in [1.165, 1.54) is 36.5 Å². The van der Waals surface area contributed by atoms with Crippen LogP contribution < -0.4 is 20.7 Å². The number of piperidine rings is 1. The van der Waals surface area contributed by atoms with Gasteiger partial charge in [0, 0.05) is 24.7 Å². The quantitative estimate of drug-likeness (QED) is 0.609. The van der Waals surface area contributed by atoms with Gasteiger partial charge < -0.3 is 15.4 Å². The van der Waals surface area contributed by atoms with Crippen LogP contribution in [0.3, 0.4) is 0 Å². The highest BCUT2D eigenvalue weighted by molar-refractivity contribution is 7.89. The highest BCUT2D eigenvalue weighted by atomic mass is 32.2. The van der Waals surface area contributed by atoms with Crippen molar-refractivity contribution in [3.63, 3.8) is 0 Å². The van der Waals surface area contributed by atoms with Gasteiger partial charge in [-0.1, -0.05) is 0 Å². The van der Waals surface area contributed by atoms with Crippen molar-refractivity contribution in [3.05, 3.63) is 23.8 Å². The highest BCUT2D eigenvalue weighted by Crippen LogP contribution is 2.35. The zero-order valence-corrected chi connectivity index (χ0v) is 16.4. The fourth-order valence-electron chi connectivity index (χ4n) is 3.52. The Kier molecular flexibility index (Phi) is 5.15. The summed E-state index contributed by atoms with van der Waals surface area (Å²) in [5.41, 5.74) is -1.12. The number of rotatable bonds is 5. The second kappa shape index (κ2) is 7.10. The smallest absolute Gasteiger partial charge is 0.322 e. The summed E-state index contributed by atoms with van der Waals surface area (Å²) < 4.78 is 33.0. The molecule has 9 nitrogen and oxygen atoms in total. The van der Waals surface area contributed by atoms with Crippen LogP contribution in [0.15, 0.2) is 23.1 Å². The first-order chi connectivity index (χ1) is 12.7. The normalized spacial score (nSPS) is 26.6. The largest absolute Gasteiger partial charge is 0.496 e. The van der Waals surface area contributed by atoms with Crippen LogP contribution >= 0.6 is 0 Å². The van der Waals surface area contributed by atoms with Crippen molar-refractivity contribution in [2.45, 2.75) is 36.2 Å². The summed E-state index contributed by atoms with van der Waals surface area (Å²) >= 11 is 0. The first-order valence-electron chi connectivity index (χ1n) is 8.72. The molecule has 3 N–H and O–H groups in total. The Hall–Kier alpha value is -2.17. The van der Waals surface area contributed by atoms with E-state index in [1.54, 1.807) is 0 Å². The molecule has 2 unspecified atom stereocenters. The maximum absolute atomic E-state index is 13.1. The van der Waals surface area contributed by atoms with Gasteiger partial charge in [0.2, 0.25) is 10.0 Å². The Morgan fingerprint density at radius 1 is 1.33 bits per heavy atom. The van der Waals surface area contributed by atoms with E-state index < -0.39 is 27.5 Å². The molecule has 1 aromatic rings. The Bertz CT molecular complexity index is 872. The van der Waals surface area contributed by atoms with E-state index in [9.17, 15) is 18.0 Å². The summed E-state index contributed by atoms with van der Waals surface area (Å²) in [6.07, 6.45) is 1.69. The second-order valence-corrected chi connectivity index (χ2v) is 8.82. The Balaban J connectivity index is 2.03. The van der Waals surface area contributed by atoms with Crippen LogP contribution in [-0.2, 0) is 20.4 Å². The van der Waals surface area contributed by atoms with Crippen LogP contribution in [0.2, 0.25) is 0 Å². The minimum absolute atomic E-state index is 0.0604. The van der Waals surface area contributed by atoms with Gasteiger partial charge in [-0.25, -0.2) is 13.2 Å². The van der Waals surface area contributed by atoms with Crippen LogP contribution in [0.4, 0.5) is 4.79 Å². The zero-order valence-electron chi connectivity index (χ0n) is 15.5. The number of carbonyl (C=O) groups is 2. The third kappa shape index (κ3) is 3.40. The van der Waals surface area contributed by atoms with Gasteiger partial charge in [0.05, 0.1) is 12.0 Å². The molecular weight excluding hydrogens is 372 g/mol. The zero-order chi connectivity index (χ0) is 19.8. The van der Waals surface area contributed by atoms with E-state index >= 15 is 0 Å². The number of urea groups is 1. The number of methoxy groups -OCH3 is 1. The molecule has 27 heavy (non-hydrogen) atoms. The van der Waals surface area contributed by atoms with Crippen molar-refractivity contribution >= 4 is 22.0 Å². The molecule has 0 bridgehead atoms. The number of likely N-dealkylation sites (N-methyl/N-ethyl adjacent to an activating group) is 1. The van der Waals surface area contributed by atoms with Gasteiger partial charge in [-0.15, -0.1) is 0 Å². The number of imide groups is 1. The fourth-order valence-corrected chi connectivity index (χ4v) is 5.07. The number of ether oxygens (including phenoxy) is 1. The maximum atomic E-state index is 13.1. The number of hydrogen-bond acceptors (Lipinski definition) is 6. The molecule has 0 saturated carbocycles. The van der Waals surface area contributed by atoms with E-state index in [2.05, 4.69) is 16.0 Å². The summed E-state index contributed by atoms with van der Waals surface area (Å²) in [6.45, 7) is 2.34. The molecule has 2 saturated heterocycles. The number of nitrogens with zero attached hydrogens (tertiary/aromatic N) is 1. The van der Waals surface area contributed by atoms with Crippen molar-refractivity contribution in [2.24, 2.45) is 0 Å². The highest BCUT2D eigenvalue weighted by Gasteiger charge is 2.46. The van der Waals surface area contributed by atoms with Gasteiger partial charge in [-0.05, 0) is 45.0 Å². The number of sulfonamides is 1. The number of nitrogens with one attached hydrogen (secondary N) is 3. The summed E-state index contributed by atoms with van der Waals surface area (Å²) in [5.74, 6) is -0.242. The summed E-state index contributed by atoms with van der Waals surface area (Å²) in [5, 5.41) is 7.85. The first kappa shape index (κ1) is 19.6. The first-order valence-corrected chi connectivity index (χ1v) is 10.2.